The SMILES string of the molecule is CCCC(CCc1cnn(C)c1)CNC(C)C. The highest BCUT2D eigenvalue weighted by Crippen LogP contribution is 2.14. The largest absolute Gasteiger partial charge is 0.314 e. The Morgan fingerprint density at radius 2 is 2.12 bits per heavy atom. The van der Waals surface area contributed by atoms with Gasteiger partial charge in [-0.2, -0.15) is 5.10 Å². The van der Waals surface area contributed by atoms with Gasteiger partial charge in [-0.05, 0) is 37.3 Å². The monoisotopic (exact) mass is 237 g/mol. The van der Waals surface area contributed by atoms with Crippen molar-refractivity contribution in [3.8, 4) is 0 Å². The molecule has 1 aromatic rings. The molecule has 3 nitrogen and oxygen atoms in total. The maximum atomic E-state index is 4.22. The summed E-state index contributed by atoms with van der Waals surface area (Å²) >= 11 is 0. The van der Waals surface area contributed by atoms with Gasteiger partial charge in [-0.25, -0.2) is 0 Å². The van der Waals surface area contributed by atoms with Crippen molar-refractivity contribution < 1.29 is 0 Å². The first-order chi connectivity index (χ1) is 8.11. The number of hydrogen-bond donors (Lipinski definition) is 1. The Labute approximate surface area is 106 Å². The van der Waals surface area contributed by atoms with E-state index in [0.717, 1.165) is 18.9 Å². The molecule has 17 heavy (non-hydrogen) atoms. The third-order valence-electron chi connectivity index (χ3n) is 3.11. The highest BCUT2D eigenvalue weighted by Gasteiger charge is 2.09. The van der Waals surface area contributed by atoms with E-state index in [1.54, 1.807) is 0 Å². The molecule has 0 bridgehead atoms. The summed E-state index contributed by atoms with van der Waals surface area (Å²) in [5, 5.41) is 7.77. The van der Waals surface area contributed by atoms with Crippen LogP contribution < -0.4 is 5.32 Å². The number of rotatable bonds is 8. The van der Waals surface area contributed by atoms with Gasteiger partial charge in [0, 0.05) is 19.3 Å². The maximum Gasteiger partial charge on any atom is 0.0521 e. The fraction of sp³-hybridized carbons (Fsp3) is 0.786. The van der Waals surface area contributed by atoms with Crippen LogP contribution in [0.4, 0.5) is 0 Å². The van der Waals surface area contributed by atoms with Crippen LogP contribution in [0.25, 0.3) is 0 Å². The standard InChI is InChI=1S/C14H27N3/c1-5-6-13(9-15-12(2)3)7-8-14-10-16-17(4)11-14/h10-13,15H,5-9H2,1-4H3. The number of aromatic nitrogens is 2. The van der Waals surface area contributed by atoms with Gasteiger partial charge < -0.3 is 5.32 Å². The van der Waals surface area contributed by atoms with Crippen molar-refractivity contribution in [3.63, 3.8) is 0 Å². The molecule has 0 saturated carbocycles. The molecule has 1 N–H and O–H groups in total. The molecule has 0 spiro atoms. The van der Waals surface area contributed by atoms with Crippen LogP contribution in [0.3, 0.4) is 0 Å². The Morgan fingerprint density at radius 1 is 1.35 bits per heavy atom. The van der Waals surface area contributed by atoms with E-state index in [1.165, 1.54) is 24.8 Å². The van der Waals surface area contributed by atoms with Gasteiger partial charge in [0.1, 0.15) is 0 Å². The average molecular weight is 237 g/mol. The molecule has 0 aromatic carbocycles. The van der Waals surface area contributed by atoms with Crippen LogP contribution in [0.2, 0.25) is 0 Å². The fourth-order valence-corrected chi connectivity index (χ4v) is 2.13. The topological polar surface area (TPSA) is 29.9 Å². The molecule has 1 heterocycles. The highest BCUT2D eigenvalue weighted by atomic mass is 15.2. The zero-order chi connectivity index (χ0) is 12.7. The summed E-state index contributed by atoms with van der Waals surface area (Å²) in [6.07, 6.45) is 9.12. The second kappa shape index (κ2) is 7.49. The quantitative estimate of drug-likeness (QED) is 0.753. The zero-order valence-electron chi connectivity index (χ0n) is 11.7. The van der Waals surface area contributed by atoms with Gasteiger partial charge in [0.2, 0.25) is 0 Å². The van der Waals surface area contributed by atoms with Crippen molar-refractivity contribution in [2.45, 2.75) is 52.5 Å². The summed E-state index contributed by atoms with van der Waals surface area (Å²) in [7, 11) is 1.98. The molecule has 98 valence electrons. The van der Waals surface area contributed by atoms with Crippen LogP contribution in [0.15, 0.2) is 12.4 Å². The third-order valence-corrected chi connectivity index (χ3v) is 3.11. The Kier molecular flexibility index (Phi) is 6.27. The molecule has 0 saturated heterocycles. The van der Waals surface area contributed by atoms with E-state index >= 15 is 0 Å². The first kappa shape index (κ1) is 14.2. The smallest absolute Gasteiger partial charge is 0.0521 e. The summed E-state index contributed by atoms with van der Waals surface area (Å²) in [5.74, 6) is 0.794. The summed E-state index contributed by atoms with van der Waals surface area (Å²) < 4.78 is 1.89. The predicted molar refractivity (Wildman–Crippen MR) is 73.1 cm³/mol. The van der Waals surface area contributed by atoms with Gasteiger partial charge in [0.05, 0.1) is 6.20 Å². The lowest BCUT2D eigenvalue weighted by Gasteiger charge is -2.18. The average Bonchev–Trinajstić information content (AvgIpc) is 2.68. The number of nitrogens with zero attached hydrogens (tertiary/aromatic N) is 2. The maximum absolute atomic E-state index is 4.22. The van der Waals surface area contributed by atoms with E-state index in [-0.39, 0.29) is 0 Å². The number of hydrogen-bond acceptors (Lipinski definition) is 2. The summed E-state index contributed by atoms with van der Waals surface area (Å²) in [6, 6.07) is 0.591. The van der Waals surface area contributed by atoms with Crippen LogP contribution in [0.5, 0.6) is 0 Å². The van der Waals surface area contributed by atoms with Crippen molar-refractivity contribution in [3.05, 3.63) is 18.0 Å². The molecule has 1 rings (SSSR count). The third kappa shape index (κ3) is 5.87. The Hall–Kier alpha value is -0.830. The normalized spacial score (nSPS) is 13.2. The molecule has 0 amide bonds. The van der Waals surface area contributed by atoms with Gasteiger partial charge in [-0.15, -0.1) is 0 Å². The molecule has 1 atom stereocenters. The minimum absolute atomic E-state index is 0.591. The second-order valence-corrected chi connectivity index (χ2v) is 5.28. The van der Waals surface area contributed by atoms with Crippen molar-refractivity contribution in [1.82, 2.24) is 15.1 Å². The molecule has 0 radical (unpaired) electrons. The summed E-state index contributed by atoms with van der Waals surface area (Å²) in [4.78, 5) is 0. The minimum Gasteiger partial charge on any atom is -0.314 e. The lowest BCUT2D eigenvalue weighted by molar-refractivity contribution is 0.397. The van der Waals surface area contributed by atoms with Crippen molar-refractivity contribution in [2.75, 3.05) is 6.54 Å². The second-order valence-electron chi connectivity index (χ2n) is 5.28. The molecule has 0 aliphatic heterocycles. The molecule has 0 aliphatic rings. The van der Waals surface area contributed by atoms with Crippen molar-refractivity contribution in [1.29, 1.82) is 0 Å². The first-order valence-electron chi connectivity index (χ1n) is 6.82. The zero-order valence-corrected chi connectivity index (χ0v) is 11.7. The van der Waals surface area contributed by atoms with E-state index in [0.29, 0.717) is 6.04 Å². The number of nitrogens with one attached hydrogen (secondary N) is 1. The van der Waals surface area contributed by atoms with Gasteiger partial charge in [0.25, 0.3) is 0 Å². The van der Waals surface area contributed by atoms with Gasteiger partial charge in [-0.3, -0.25) is 4.68 Å². The van der Waals surface area contributed by atoms with Crippen LogP contribution in [0.1, 0.15) is 45.6 Å². The molecule has 1 aromatic heterocycles. The predicted octanol–water partition coefficient (Wildman–Crippen LogP) is 2.77. The molecule has 0 fully saturated rings. The van der Waals surface area contributed by atoms with Crippen LogP contribution in [-0.2, 0) is 13.5 Å². The van der Waals surface area contributed by atoms with Crippen LogP contribution >= 0.6 is 0 Å². The van der Waals surface area contributed by atoms with Crippen molar-refractivity contribution in [2.24, 2.45) is 13.0 Å². The van der Waals surface area contributed by atoms with E-state index < -0.39 is 0 Å². The molecule has 1 unspecified atom stereocenters. The van der Waals surface area contributed by atoms with E-state index in [9.17, 15) is 0 Å². The fourth-order valence-electron chi connectivity index (χ4n) is 2.13. The summed E-state index contributed by atoms with van der Waals surface area (Å²) in [5.41, 5.74) is 1.36. The van der Waals surface area contributed by atoms with Crippen LogP contribution in [0, 0.1) is 5.92 Å². The molecule has 3 heteroatoms. The Bertz CT molecular complexity index is 304. The Balaban J connectivity index is 2.33. The minimum atomic E-state index is 0.591. The number of aryl methyl sites for hydroxylation is 2. The van der Waals surface area contributed by atoms with Crippen molar-refractivity contribution >= 4 is 0 Å². The van der Waals surface area contributed by atoms with E-state index in [1.807, 2.05) is 17.9 Å². The molecular formula is C14H27N3. The van der Waals surface area contributed by atoms with E-state index in [2.05, 4.69) is 37.4 Å². The summed E-state index contributed by atoms with van der Waals surface area (Å²) in [6.45, 7) is 7.84. The lowest BCUT2D eigenvalue weighted by atomic mass is 9.96. The van der Waals surface area contributed by atoms with Crippen LogP contribution in [-0.4, -0.2) is 22.4 Å². The first-order valence-corrected chi connectivity index (χ1v) is 6.82. The molecule has 0 aliphatic carbocycles. The van der Waals surface area contributed by atoms with Gasteiger partial charge in [-0.1, -0.05) is 27.2 Å². The van der Waals surface area contributed by atoms with Gasteiger partial charge in [0.15, 0.2) is 0 Å². The molecular weight excluding hydrogens is 210 g/mol. The Morgan fingerprint density at radius 3 is 2.65 bits per heavy atom. The highest BCUT2D eigenvalue weighted by molar-refractivity contribution is 5.03. The van der Waals surface area contributed by atoms with E-state index in [4.69, 9.17) is 0 Å². The lowest BCUT2D eigenvalue weighted by Crippen LogP contribution is -2.29. The van der Waals surface area contributed by atoms with Gasteiger partial charge >= 0.3 is 0 Å².